The molecule has 0 bridgehead atoms. The van der Waals surface area contributed by atoms with Crippen LogP contribution in [0, 0.1) is 13.8 Å². The van der Waals surface area contributed by atoms with Gasteiger partial charge in [-0.2, -0.15) is 5.10 Å². The molecule has 0 atom stereocenters. The third-order valence-electron chi connectivity index (χ3n) is 9.61. The molecule has 63 heavy (non-hydrogen) atoms. The van der Waals surface area contributed by atoms with Crippen LogP contribution < -0.4 is 26.6 Å². The van der Waals surface area contributed by atoms with Gasteiger partial charge in [0, 0.05) is 17.0 Å². The van der Waals surface area contributed by atoms with Gasteiger partial charge in [0.25, 0.3) is 5.56 Å². The molecule has 0 aliphatic heterocycles. The van der Waals surface area contributed by atoms with Crippen molar-refractivity contribution in [2.45, 2.75) is 91.4 Å². The van der Waals surface area contributed by atoms with E-state index in [0.717, 1.165) is 6.54 Å². The molecule has 0 aliphatic carbocycles. The Morgan fingerprint density at radius 2 is 1.05 bits per heavy atom. The number of rotatable bonds is 19. The number of unbranched alkanes of at least 4 members (excludes halogenated alkanes) is 10. The minimum Gasteiger partial charge on any atom is -0.857 e. The number of nitrogens with one attached hydrogen (secondary N) is 1. The topological polar surface area (TPSA) is 234 Å². The van der Waals surface area contributed by atoms with E-state index in [4.69, 9.17) is 5.73 Å². The Balaban J connectivity index is 0.000000260. The Labute approximate surface area is 378 Å². The second kappa shape index (κ2) is 27.5. The van der Waals surface area contributed by atoms with Crippen LogP contribution in [-0.4, -0.2) is 38.0 Å². The number of nitrogens with zero attached hydrogens (tertiary/aromatic N) is 7. The molecule has 0 spiro atoms. The average molecular weight is 893 g/mol. The van der Waals surface area contributed by atoms with Crippen molar-refractivity contribution < 1.29 is 42.3 Å². The summed E-state index contributed by atoms with van der Waals surface area (Å²) in [5.74, 6) is -3.13. The molecule has 0 saturated carbocycles. The number of para-hydroxylation sites is 2. The van der Waals surface area contributed by atoms with Gasteiger partial charge in [0.1, 0.15) is 5.69 Å². The Morgan fingerprint density at radius 3 is 1.52 bits per heavy atom. The fraction of sp³-hybridized carbons (Fsp3) is 0.319. The van der Waals surface area contributed by atoms with E-state index in [1.54, 1.807) is 74.5 Å². The largest absolute Gasteiger partial charge is 3.00 e. The Bertz CT molecular complexity index is 2420. The molecule has 3 N–H and O–H groups in total. The van der Waals surface area contributed by atoms with E-state index in [1.807, 2.05) is 24.3 Å². The number of hydrogen-bond acceptors (Lipinski definition) is 12. The summed E-state index contributed by atoms with van der Waals surface area (Å²) in [6, 6.07) is 30.1. The molecule has 0 fully saturated rings. The van der Waals surface area contributed by atoms with E-state index in [-0.39, 0.29) is 56.8 Å². The third kappa shape index (κ3) is 15.7. The number of aromatic carboxylic acids is 2. The predicted molar refractivity (Wildman–Crippen MR) is 234 cm³/mol. The molecular weight excluding hydrogens is 839 g/mol. The van der Waals surface area contributed by atoms with Crippen molar-refractivity contribution in [3.63, 3.8) is 0 Å². The third-order valence-corrected chi connectivity index (χ3v) is 9.61. The van der Waals surface area contributed by atoms with E-state index in [1.165, 1.54) is 104 Å². The van der Waals surface area contributed by atoms with Crippen LogP contribution in [0.3, 0.4) is 0 Å². The van der Waals surface area contributed by atoms with Crippen molar-refractivity contribution in [2.75, 3.05) is 6.54 Å². The van der Waals surface area contributed by atoms with Crippen LogP contribution in [0.4, 0.5) is 22.7 Å². The fourth-order valence-electron chi connectivity index (χ4n) is 6.25. The zero-order valence-electron chi connectivity index (χ0n) is 35.9. The molecule has 16 heteroatoms. The normalized spacial score (nSPS) is 10.8. The molecule has 0 unspecified atom stereocenters. The van der Waals surface area contributed by atoms with E-state index in [9.17, 15) is 29.7 Å². The van der Waals surface area contributed by atoms with Gasteiger partial charge < -0.3 is 30.6 Å². The van der Waals surface area contributed by atoms with Crippen molar-refractivity contribution in [1.29, 1.82) is 0 Å². The number of azo groups is 2. The van der Waals surface area contributed by atoms with Gasteiger partial charge in [0.05, 0.1) is 46.1 Å². The summed E-state index contributed by atoms with van der Waals surface area (Å²) in [5.41, 5.74) is 7.52. The summed E-state index contributed by atoms with van der Waals surface area (Å²) in [4.78, 5) is 34.6. The molecule has 329 valence electrons. The minimum absolute atomic E-state index is 0. The van der Waals surface area contributed by atoms with E-state index >= 15 is 0 Å². The quantitative estimate of drug-likeness (QED) is 0.0589. The smallest absolute Gasteiger partial charge is 0.857 e. The zero-order valence-corrected chi connectivity index (χ0v) is 37.2. The van der Waals surface area contributed by atoms with Crippen LogP contribution in [0.2, 0.25) is 0 Å². The van der Waals surface area contributed by atoms with Crippen molar-refractivity contribution >= 4 is 34.7 Å². The van der Waals surface area contributed by atoms with Crippen molar-refractivity contribution in [3.8, 4) is 17.3 Å². The second-order valence-electron chi connectivity index (χ2n) is 14.4. The standard InChI is InChI=1S/2C17H14N4O3.C13H29N.Cr/c2*1-11-15(16(22)21(20-11)12-7-3-2-4-8-12)19-18-14-10-6-5-9-13(14)17(23)24;1-2-3-4-5-6-7-8-9-10-11-12-13-14;/h2-10,22H,1H3,(H,23,24);2-10,20H,1H3,(H,23,24);2-14H2,1H3;/q;;;+3/p-3. The van der Waals surface area contributed by atoms with Crippen LogP contribution in [0.5, 0.6) is 5.88 Å². The first-order chi connectivity index (χ1) is 30.1. The maximum Gasteiger partial charge on any atom is 3.00 e. The SMILES string of the molecule is CCCCCCCCCCCCCN.Cc1[nH]n(-c2ccccc2)c(=O)c1N=Nc1ccccc1C(=O)[O-].Cc1nn(-c2ccccc2)c([O-])c1N=Nc1ccccc1C(=O)[O-].[Cr+3]. The molecule has 6 rings (SSSR count). The van der Waals surface area contributed by atoms with Gasteiger partial charge in [0.15, 0.2) is 5.69 Å². The molecule has 2 heterocycles. The van der Waals surface area contributed by atoms with Gasteiger partial charge in [0.2, 0.25) is 0 Å². The van der Waals surface area contributed by atoms with Crippen molar-refractivity contribution in [3.05, 3.63) is 142 Å². The van der Waals surface area contributed by atoms with Crippen LogP contribution >= 0.6 is 0 Å². The first-order valence-corrected chi connectivity index (χ1v) is 20.9. The van der Waals surface area contributed by atoms with Gasteiger partial charge >= 0.3 is 17.4 Å². The number of carboxylic acids is 2. The number of aryl methyl sites for hydroxylation is 2. The van der Waals surface area contributed by atoms with Gasteiger partial charge in [-0.1, -0.05) is 144 Å². The van der Waals surface area contributed by atoms with E-state index in [0.29, 0.717) is 22.8 Å². The van der Waals surface area contributed by atoms with Crippen LogP contribution in [0.1, 0.15) is 110 Å². The number of aromatic amines is 1. The number of aromatic nitrogens is 4. The maximum atomic E-state index is 12.5. The summed E-state index contributed by atoms with van der Waals surface area (Å²) in [5, 5.41) is 57.3. The van der Waals surface area contributed by atoms with Crippen LogP contribution in [-0.2, 0) is 17.4 Å². The second-order valence-corrected chi connectivity index (χ2v) is 14.4. The van der Waals surface area contributed by atoms with Gasteiger partial charge in [-0.25, -0.2) is 9.36 Å². The zero-order chi connectivity index (χ0) is 44.7. The van der Waals surface area contributed by atoms with Crippen LogP contribution in [0.25, 0.3) is 11.4 Å². The molecular formula is C47H54CrN9O6. The van der Waals surface area contributed by atoms with Gasteiger partial charge in [-0.05, 0) is 63.2 Å². The number of hydrogen-bond donors (Lipinski definition) is 2. The Kier molecular flexibility index (Phi) is 22.2. The molecule has 2 aromatic heterocycles. The van der Waals surface area contributed by atoms with E-state index < -0.39 is 17.8 Å². The molecule has 15 nitrogen and oxygen atoms in total. The summed E-state index contributed by atoms with van der Waals surface area (Å²) in [7, 11) is 0. The van der Waals surface area contributed by atoms with Crippen LogP contribution in [0.15, 0.2) is 134 Å². The molecule has 1 radical (unpaired) electrons. The molecule has 6 aromatic rings. The molecule has 0 aliphatic rings. The first kappa shape index (κ1) is 50.9. The monoisotopic (exact) mass is 892 g/mol. The molecule has 4 aromatic carbocycles. The number of carbonyl (C=O) groups is 2. The number of carbonyl (C=O) groups excluding carboxylic acids is 2. The summed E-state index contributed by atoms with van der Waals surface area (Å²) in [6.07, 6.45) is 15.4. The maximum absolute atomic E-state index is 12.5. The predicted octanol–water partition coefficient (Wildman–Crippen LogP) is 8.54. The summed E-state index contributed by atoms with van der Waals surface area (Å²) >= 11 is 0. The van der Waals surface area contributed by atoms with Crippen molar-refractivity contribution in [1.82, 2.24) is 19.6 Å². The number of benzene rings is 4. The molecule has 0 amide bonds. The average Bonchev–Trinajstić information content (AvgIpc) is 3.74. The van der Waals surface area contributed by atoms with Crippen molar-refractivity contribution in [2.24, 2.45) is 26.2 Å². The summed E-state index contributed by atoms with van der Waals surface area (Å²) in [6.45, 7) is 6.48. The first-order valence-electron chi connectivity index (χ1n) is 20.9. The minimum atomic E-state index is -1.36. The Hall–Kier alpha value is -6.47. The van der Waals surface area contributed by atoms with E-state index in [2.05, 4.69) is 37.6 Å². The molecule has 0 saturated heterocycles. The van der Waals surface area contributed by atoms with Gasteiger partial charge in [-0.3, -0.25) is 9.89 Å². The number of H-pyrrole nitrogens is 1. The summed E-state index contributed by atoms with van der Waals surface area (Å²) < 4.78 is 2.59. The number of nitrogens with two attached hydrogens (primary N) is 1. The fourth-order valence-corrected chi connectivity index (χ4v) is 6.25. The Morgan fingerprint density at radius 1 is 0.619 bits per heavy atom. The van der Waals surface area contributed by atoms with Gasteiger partial charge in [-0.15, -0.1) is 20.5 Å². The number of carboxylic acid groups (broad SMARTS) is 2.